The summed E-state index contributed by atoms with van der Waals surface area (Å²) in [6, 6.07) is 3.32. The summed E-state index contributed by atoms with van der Waals surface area (Å²) in [5, 5.41) is 21.2. The Balaban J connectivity index is 3.00. The highest BCUT2D eigenvalue weighted by molar-refractivity contribution is 5.69. The molecule has 1 aromatic rings. The molecule has 17 heavy (non-hydrogen) atoms. The van der Waals surface area contributed by atoms with E-state index in [-0.39, 0.29) is 17.9 Å². The molecular formula is C10H12N2O5. The molecule has 7 heteroatoms. The molecule has 0 fully saturated rings. The first kappa shape index (κ1) is 12.9. The molecule has 0 aliphatic heterocycles. The average Bonchev–Trinajstić information content (AvgIpc) is 2.28. The zero-order chi connectivity index (χ0) is 13.0. The fraction of sp³-hybridized carbons (Fsp3) is 0.300. The van der Waals surface area contributed by atoms with Crippen molar-refractivity contribution in [3.05, 3.63) is 33.9 Å². The number of hydrogen-bond acceptors (Lipinski definition) is 5. The quantitative estimate of drug-likeness (QED) is 0.496. The van der Waals surface area contributed by atoms with E-state index in [0.29, 0.717) is 5.56 Å². The van der Waals surface area contributed by atoms with Crippen molar-refractivity contribution in [3.63, 3.8) is 0 Å². The third kappa shape index (κ3) is 3.15. The molecule has 0 spiro atoms. The molecule has 0 bridgehead atoms. The number of methoxy groups -OCH3 is 1. The molecule has 0 radical (unpaired) electrons. The zero-order valence-electron chi connectivity index (χ0n) is 9.21. The van der Waals surface area contributed by atoms with Crippen LogP contribution in [0.3, 0.4) is 0 Å². The predicted octanol–water partition coefficient (Wildman–Crippen LogP) is -1.49. The van der Waals surface area contributed by atoms with Gasteiger partial charge in [0.25, 0.3) is 0 Å². The van der Waals surface area contributed by atoms with Crippen molar-refractivity contribution in [2.45, 2.75) is 12.5 Å². The van der Waals surface area contributed by atoms with Gasteiger partial charge in [0.05, 0.1) is 18.0 Å². The van der Waals surface area contributed by atoms with Crippen LogP contribution in [-0.4, -0.2) is 24.0 Å². The van der Waals surface area contributed by atoms with E-state index < -0.39 is 16.9 Å². The zero-order valence-corrected chi connectivity index (χ0v) is 9.21. The molecule has 0 heterocycles. The summed E-state index contributed by atoms with van der Waals surface area (Å²) < 4.78 is 4.83. The van der Waals surface area contributed by atoms with E-state index >= 15 is 0 Å². The van der Waals surface area contributed by atoms with Crippen LogP contribution in [0.15, 0.2) is 18.2 Å². The minimum atomic E-state index is -1.29. The summed E-state index contributed by atoms with van der Waals surface area (Å²) in [6.07, 6.45) is 0.0766. The second-order valence-electron chi connectivity index (χ2n) is 3.48. The number of carboxylic acid groups (broad SMARTS) is 1. The molecule has 0 saturated carbocycles. The minimum absolute atomic E-state index is 0.0766. The van der Waals surface area contributed by atoms with Gasteiger partial charge in [-0.25, -0.2) is 0 Å². The maximum absolute atomic E-state index is 10.7. The van der Waals surface area contributed by atoms with Crippen molar-refractivity contribution in [3.8, 4) is 5.75 Å². The van der Waals surface area contributed by atoms with E-state index in [9.17, 15) is 20.0 Å². The van der Waals surface area contributed by atoms with Crippen LogP contribution in [0.4, 0.5) is 5.69 Å². The van der Waals surface area contributed by atoms with Crippen LogP contribution in [0.1, 0.15) is 5.56 Å². The van der Waals surface area contributed by atoms with Crippen molar-refractivity contribution in [2.24, 2.45) is 0 Å². The Hall–Kier alpha value is -2.15. The second-order valence-corrected chi connectivity index (χ2v) is 3.48. The summed E-state index contributed by atoms with van der Waals surface area (Å²) in [5.41, 5.74) is 3.69. The van der Waals surface area contributed by atoms with Gasteiger partial charge in [-0.05, 0) is 11.6 Å². The molecule has 0 saturated heterocycles. The van der Waals surface area contributed by atoms with Gasteiger partial charge >= 0.3 is 5.69 Å². The molecule has 0 aliphatic carbocycles. The normalized spacial score (nSPS) is 11.9. The van der Waals surface area contributed by atoms with Crippen molar-refractivity contribution >= 4 is 11.7 Å². The standard InChI is InChI=1S/C10H12N2O5/c1-17-9-3-2-6(4-7(11)10(13)14)5-8(9)12(15)16/h2-3,5,7H,4,11H2,1H3,(H,13,14). The number of carbonyl (C=O) groups is 1. The van der Waals surface area contributed by atoms with Gasteiger partial charge in [0.1, 0.15) is 6.04 Å². The lowest BCUT2D eigenvalue weighted by Crippen LogP contribution is -2.69. The number of nitro benzene ring substituents is 1. The Morgan fingerprint density at radius 1 is 1.59 bits per heavy atom. The van der Waals surface area contributed by atoms with E-state index in [1.807, 2.05) is 0 Å². The molecule has 1 unspecified atom stereocenters. The van der Waals surface area contributed by atoms with Crippen LogP contribution in [0.5, 0.6) is 5.75 Å². The number of carbonyl (C=O) groups excluding carboxylic acids is 1. The third-order valence-electron chi connectivity index (χ3n) is 2.26. The van der Waals surface area contributed by atoms with Gasteiger partial charge in [-0.1, -0.05) is 6.07 Å². The molecule has 0 amide bonds. The predicted molar refractivity (Wildman–Crippen MR) is 55.0 cm³/mol. The van der Waals surface area contributed by atoms with Crippen LogP contribution < -0.4 is 15.6 Å². The van der Waals surface area contributed by atoms with E-state index in [0.717, 1.165) is 0 Å². The number of nitro groups is 1. The maximum atomic E-state index is 10.7. The van der Waals surface area contributed by atoms with Crippen molar-refractivity contribution < 1.29 is 25.3 Å². The van der Waals surface area contributed by atoms with Gasteiger partial charge in [0.2, 0.25) is 0 Å². The van der Waals surface area contributed by atoms with Crippen molar-refractivity contribution in [1.82, 2.24) is 0 Å². The summed E-state index contributed by atoms with van der Waals surface area (Å²) >= 11 is 0. The van der Waals surface area contributed by atoms with Crippen LogP contribution in [0, 0.1) is 10.1 Å². The van der Waals surface area contributed by atoms with Crippen molar-refractivity contribution in [1.29, 1.82) is 0 Å². The number of quaternary nitrogens is 1. The maximum Gasteiger partial charge on any atom is 0.311 e. The highest BCUT2D eigenvalue weighted by atomic mass is 16.6. The monoisotopic (exact) mass is 240 g/mol. The van der Waals surface area contributed by atoms with Crippen LogP contribution in [-0.2, 0) is 11.2 Å². The third-order valence-corrected chi connectivity index (χ3v) is 2.26. The van der Waals surface area contributed by atoms with Crippen LogP contribution in [0.2, 0.25) is 0 Å². The van der Waals surface area contributed by atoms with Gasteiger partial charge in [0, 0.05) is 12.5 Å². The lowest BCUT2D eigenvalue weighted by Gasteiger charge is -2.09. The Bertz CT molecular complexity index is 446. The number of aliphatic carboxylic acids is 1. The summed E-state index contributed by atoms with van der Waals surface area (Å²) in [7, 11) is 1.33. The second kappa shape index (κ2) is 5.26. The highest BCUT2D eigenvalue weighted by Crippen LogP contribution is 2.27. The molecule has 0 aromatic heterocycles. The summed E-state index contributed by atoms with van der Waals surface area (Å²) in [5.74, 6) is -1.16. The van der Waals surface area contributed by atoms with Gasteiger partial charge in [0.15, 0.2) is 5.75 Å². The number of rotatable bonds is 5. The summed E-state index contributed by atoms with van der Waals surface area (Å²) in [6.45, 7) is 0. The Kier molecular flexibility index (Phi) is 4.00. The molecule has 7 nitrogen and oxygen atoms in total. The lowest BCUT2D eigenvalue weighted by molar-refractivity contribution is -0.437. The highest BCUT2D eigenvalue weighted by Gasteiger charge is 2.17. The van der Waals surface area contributed by atoms with E-state index in [1.165, 1.54) is 19.2 Å². The van der Waals surface area contributed by atoms with E-state index in [4.69, 9.17) is 4.74 Å². The first-order chi connectivity index (χ1) is 7.95. The molecule has 92 valence electrons. The first-order valence-corrected chi connectivity index (χ1v) is 4.81. The number of nitrogens with zero attached hydrogens (tertiary/aromatic N) is 1. The number of carboxylic acids is 1. The van der Waals surface area contributed by atoms with Gasteiger partial charge in [-0.3, -0.25) is 10.1 Å². The molecule has 1 atom stereocenters. The fourth-order valence-electron chi connectivity index (χ4n) is 1.37. The number of benzene rings is 1. The molecule has 0 aliphatic rings. The Labute approximate surface area is 97.0 Å². The largest absolute Gasteiger partial charge is 0.544 e. The van der Waals surface area contributed by atoms with Gasteiger partial charge in [-0.2, -0.15) is 0 Å². The first-order valence-electron chi connectivity index (χ1n) is 4.81. The molecule has 3 N–H and O–H groups in total. The molecule has 1 aromatic carbocycles. The van der Waals surface area contributed by atoms with Gasteiger partial charge < -0.3 is 20.4 Å². The topological polar surface area (TPSA) is 120 Å². The number of ether oxygens (including phenoxy) is 1. The van der Waals surface area contributed by atoms with Crippen LogP contribution >= 0.6 is 0 Å². The van der Waals surface area contributed by atoms with Crippen molar-refractivity contribution in [2.75, 3.05) is 7.11 Å². The molecular weight excluding hydrogens is 228 g/mol. The van der Waals surface area contributed by atoms with E-state index in [1.54, 1.807) is 6.07 Å². The number of hydrogen-bond donors (Lipinski definition) is 1. The summed E-state index contributed by atoms with van der Waals surface area (Å²) in [4.78, 5) is 20.7. The smallest absolute Gasteiger partial charge is 0.311 e. The lowest BCUT2D eigenvalue weighted by atomic mass is 10.1. The molecule has 1 rings (SSSR count). The van der Waals surface area contributed by atoms with Gasteiger partial charge in [-0.15, -0.1) is 0 Å². The van der Waals surface area contributed by atoms with E-state index in [2.05, 4.69) is 5.73 Å². The Morgan fingerprint density at radius 3 is 2.71 bits per heavy atom. The van der Waals surface area contributed by atoms with Crippen LogP contribution in [0.25, 0.3) is 0 Å². The fourth-order valence-corrected chi connectivity index (χ4v) is 1.37. The minimum Gasteiger partial charge on any atom is -0.544 e. The average molecular weight is 240 g/mol. The Morgan fingerprint density at radius 2 is 2.24 bits per heavy atom. The SMILES string of the molecule is COc1ccc(CC([NH3+])C(=O)[O-])cc1[N+](=O)[O-].